The topological polar surface area (TPSA) is 43.1 Å². The fourth-order valence-corrected chi connectivity index (χ4v) is 3.20. The maximum absolute atomic E-state index is 13.3. The second-order valence-corrected chi connectivity index (χ2v) is 6.72. The Morgan fingerprint density at radius 1 is 1.00 bits per heavy atom. The van der Waals surface area contributed by atoms with Crippen LogP contribution in [0.1, 0.15) is 5.56 Å². The molecule has 0 saturated heterocycles. The van der Waals surface area contributed by atoms with Crippen LogP contribution in [0.2, 0.25) is 0 Å². The first kappa shape index (κ1) is 18.4. The highest BCUT2D eigenvalue weighted by Gasteiger charge is 2.31. The van der Waals surface area contributed by atoms with Crippen LogP contribution in [0.3, 0.4) is 0 Å². The lowest BCUT2D eigenvalue weighted by Crippen LogP contribution is -2.06. The van der Waals surface area contributed by atoms with E-state index in [1.807, 2.05) is 6.26 Å². The smallest absolute Gasteiger partial charge is 0.239 e. The number of nitrogens with zero attached hydrogens (tertiary/aromatic N) is 4. The van der Waals surface area contributed by atoms with Gasteiger partial charge < -0.3 is 0 Å². The fraction of sp³-hybridized carbons (Fsp3) is 0.105. The van der Waals surface area contributed by atoms with Crippen molar-refractivity contribution in [2.24, 2.45) is 0 Å². The summed E-state index contributed by atoms with van der Waals surface area (Å²) in [6.45, 7) is 0. The molecule has 4 nitrogen and oxygen atoms in total. The maximum atomic E-state index is 13.3. The third-order valence-electron chi connectivity index (χ3n) is 4.14. The van der Waals surface area contributed by atoms with Crippen LogP contribution in [-0.2, 0) is 6.18 Å². The molecule has 0 aliphatic rings. The Bertz CT molecular complexity index is 1150. The summed E-state index contributed by atoms with van der Waals surface area (Å²) in [5, 5.41) is 5.04. The monoisotopic (exact) mass is 404 g/mol. The van der Waals surface area contributed by atoms with Crippen molar-refractivity contribution in [2.45, 2.75) is 11.2 Å². The lowest BCUT2D eigenvalue weighted by Gasteiger charge is -2.07. The van der Waals surface area contributed by atoms with E-state index in [0.717, 1.165) is 16.8 Å². The summed E-state index contributed by atoms with van der Waals surface area (Å²) in [6, 6.07) is 9.64. The normalized spacial score (nSPS) is 11.9. The van der Waals surface area contributed by atoms with Gasteiger partial charge in [-0.2, -0.15) is 18.3 Å². The zero-order valence-corrected chi connectivity index (χ0v) is 15.2. The van der Waals surface area contributed by atoms with E-state index < -0.39 is 17.6 Å². The summed E-state index contributed by atoms with van der Waals surface area (Å²) in [4.78, 5) is 8.74. The number of benzene rings is 1. The molecule has 0 amide bonds. The SMILES string of the molecule is CSc1ccnc(-c2c(-c3ccc(F)cc3)nn3cc(C(F)(F)F)ccc23)n1. The molecule has 0 N–H and O–H groups in total. The summed E-state index contributed by atoms with van der Waals surface area (Å²) in [6.07, 6.45) is -0.134. The van der Waals surface area contributed by atoms with Crippen molar-refractivity contribution in [1.82, 2.24) is 19.6 Å². The van der Waals surface area contributed by atoms with Gasteiger partial charge in [0.25, 0.3) is 0 Å². The van der Waals surface area contributed by atoms with E-state index in [4.69, 9.17) is 0 Å². The maximum Gasteiger partial charge on any atom is 0.417 e. The number of aromatic nitrogens is 4. The number of hydrogen-bond acceptors (Lipinski definition) is 4. The van der Waals surface area contributed by atoms with Crippen LogP contribution in [0.15, 0.2) is 59.9 Å². The van der Waals surface area contributed by atoms with Gasteiger partial charge in [0.2, 0.25) is 0 Å². The quantitative estimate of drug-likeness (QED) is 0.263. The minimum Gasteiger partial charge on any atom is -0.239 e. The molecule has 0 saturated carbocycles. The molecule has 3 heterocycles. The first-order chi connectivity index (χ1) is 13.4. The number of thioether (sulfide) groups is 1. The Balaban J connectivity index is 2.01. The van der Waals surface area contributed by atoms with Crippen LogP contribution >= 0.6 is 11.8 Å². The number of rotatable bonds is 3. The molecule has 3 aromatic heterocycles. The molecule has 0 spiro atoms. The van der Waals surface area contributed by atoms with E-state index in [2.05, 4.69) is 15.1 Å². The predicted octanol–water partition coefficient (Wildman–Crippen LogP) is 5.34. The Morgan fingerprint density at radius 2 is 1.75 bits per heavy atom. The average Bonchev–Trinajstić information content (AvgIpc) is 3.06. The lowest BCUT2D eigenvalue weighted by molar-refractivity contribution is -0.137. The third kappa shape index (κ3) is 3.33. The summed E-state index contributed by atoms with van der Waals surface area (Å²) >= 11 is 1.42. The van der Waals surface area contributed by atoms with Gasteiger partial charge in [0, 0.05) is 18.0 Å². The Hall–Kier alpha value is -2.94. The van der Waals surface area contributed by atoms with Gasteiger partial charge in [0.15, 0.2) is 5.82 Å². The zero-order valence-electron chi connectivity index (χ0n) is 14.4. The van der Waals surface area contributed by atoms with E-state index in [-0.39, 0.29) is 0 Å². The minimum atomic E-state index is -4.49. The van der Waals surface area contributed by atoms with E-state index in [1.54, 1.807) is 12.3 Å². The lowest BCUT2D eigenvalue weighted by atomic mass is 10.1. The molecular weight excluding hydrogens is 392 g/mol. The Morgan fingerprint density at radius 3 is 2.43 bits per heavy atom. The molecule has 0 fully saturated rings. The number of hydrogen-bond donors (Lipinski definition) is 0. The summed E-state index contributed by atoms with van der Waals surface area (Å²) < 4.78 is 53.8. The van der Waals surface area contributed by atoms with Crippen molar-refractivity contribution >= 4 is 17.3 Å². The minimum absolute atomic E-state index is 0.334. The predicted molar refractivity (Wildman–Crippen MR) is 98.4 cm³/mol. The first-order valence-electron chi connectivity index (χ1n) is 8.10. The third-order valence-corrected chi connectivity index (χ3v) is 4.78. The molecule has 0 unspecified atom stereocenters. The van der Waals surface area contributed by atoms with Crippen LogP contribution in [0.5, 0.6) is 0 Å². The summed E-state index contributed by atoms with van der Waals surface area (Å²) in [5.41, 5.74) is 1.00. The molecule has 28 heavy (non-hydrogen) atoms. The van der Waals surface area contributed by atoms with Crippen LogP contribution in [0.4, 0.5) is 17.6 Å². The molecule has 0 aliphatic carbocycles. The van der Waals surface area contributed by atoms with Crippen LogP contribution in [-0.4, -0.2) is 25.8 Å². The van der Waals surface area contributed by atoms with E-state index in [0.29, 0.717) is 33.2 Å². The molecule has 0 bridgehead atoms. The Labute approximate surface area is 161 Å². The first-order valence-corrected chi connectivity index (χ1v) is 9.32. The van der Waals surface area contributed by atoms with Crippen molar-refractivity contribution in [3.8, 4) is 22.6 Å². The van der Waals surface area contributed by atoms with Crippen LogP contribution in [0.25, 0.3) is 28.2 Å². The summed E-state index contributed by atoms with van der Waals surface area (Å²) in [7, 11) is 0. The second kappa shape index (κ2) is 6.90. The van der Waals surface area contributed by atoms with Crippen molar-refractivity contribution in [2.75, 3.05) is 6.26 Å². The molecule has 1 aromatic carbocycles. The van der Waals surface area contributed by atoms with Crippen LogP contribution < -0.4 is 0 Å². The standard InChI is InChI=1S/C19H12F4N4S/c1-28-15-8-9-24-18(25-15)16-14-7-4-12(19(21,22)23)10-27(14)26-17(16)11-2-5-13(20)6-3-11/h2-10H,1H3. The molecule has 0 aliphatic heterocycles. The summed E-state index contributed by atoms with van der Waals surface area (Å²) in [5.74, 6) is -0.0880. The highest BCUT2D eigenvalue weighted by Crippen LogP contribution is 2.36. The molecule has 4 rings (SSSR count). The van der Waals surface area contributed by atoms with Crippen molar-refractivity contribution < 1.29 is 17.6 Å². The molecule has 0 radical (unpaired) electrons. The van der Waals surface area contributed by atoms with Gasteiger partial charge in [-0.15, -0.1) is 11.8 Å². The number of halogens is 4. The fourth-order valence-electron chi connectivity index (χ4n) is 2.82. The van der Waals surface area contributed by atoms with Gasteiger partial charge in [-0.25, -0.2) is 18.9 Å². The average molecular weight is 404 g/mol. The van der Waals surface area contributed by atoms with E-state index >= 15 is 0 Å². The van der Waals surface area contributed by atoms with Gasteiger partial charge in [0.1, 0.15) is 11.5 Å². The zero-order chi connectivity index (χ0) is 19.9. The van der Waals surface area contributed by atoms with Crippen LogP contribution in [0, 0.1) is 5.82 Å². The van der Waals surface area contributed by atoms with Gasteiger partial charge >= 0.3 is 6.18 Å². The molecule has 142 valence electrons. The number of fused-ring (bicyclic) bond motifs is 1. The molecular formula is C19H12F4N4S. The molecule has 9 heteroatoms. The largest absolute Gasteiger partial charge is 0.417 e. The van der Waals surface area contributed by atoms with Crippen molar-refractivity contribution in [1.29, 1.82) is 0 Å². The second-order valence-electron chi connectivity index (χ2n) is 5.90. The highest BCUT2D eigenvalue weighted by molar-refractivity contribution is 7.98. The van der Waals surface area contributed by atoms with Gasteiger partial charge in [-0.05, 0) is 48.7 Å². The number of alkyl halides is 3. The van der Waals surface area contributed by atoms with E-state index in [9.17, 15) is 17.6 Å². The highest BCUT2D eigenvalue weighted by atomic mass is 32.2. The van der Waals surface area contributed by atoms with Gasteiger partial charge in [0.05, 0.1) is 21.7 Å². The van der Waals surface area contributed by atoms with Crippen molar-refractivity contribution in [3.05, 3.63) is 66.2 Å². The van der Waals surface area contributed by atoms with E-state index in [1.165, 1.54) is 42.1 Å². The number of pyridine rings is 1. The molecule has 0 atom stereocenters. The van der Waals surface area contributed by atoms with Gasteiger partial charge in [-0.3, -0.25) is 0 Å². The van der Waals surface area contributed by atoms with Gasteiger partial charge in [-0.1, -0.05) is 0 Å². The molecule has 4 aromatic rings. The van der Waals surface area contributed by atoms with Crippen molar-refractivity contribution in [3.63, 3.8) is 0 Å². The Kier molecular flexibility index (Phi) is 4.54.